The first-order valence-electron chi connectivity index (χ1n) is 7.21. The summed E-state index contributed by atoms with van der Waals surface area (Å²) in [6, 6.07) is 0. The maximum Gasteiger partial charge on any atom is 0.254 e. The molecule has 0 spiro atoms. The van der Waals surface area contributed by atoms with Crippen LogP contribution in [0.15, 0.2) is 4.79 Å². The summed E-state index contributed by atoms with van der Waals surface area (Å²) < 4.78 is 0. The Balaban J connectivity index is 2.14. The van der Waals surface area contributed by atoms with Crippen molar-refractivity contribution in [3.63, 3.8) is 0 Å². The third kappa shape index (κ3) is 3.26. The second kappa shape index (κ2) is 5.77. The molecule has 1 N–H and O–H groups in total. The lowest BCUT2D eigenvalue weighted by Gasteiger charge is -2.35. The van der Waals surface area contributed by atoms with Crippen LogP contribution in [0.5, 0.6) is 0 Å². The molecule has 1 aliphatic rings. The van der Waals surface area contributed by atoms with Crippen molar-refractivity contribution in [3.05, 3.63) is 27.4 Å². The van der Waals surface area contributed by atoms with Gasteiger partial charge in [-0.15, -0.1) is 0 Å². The first kappa shape index (κ1) is 14.8. The van der Waals surface area contributed by atoms with Crippen molar-refractivity contribution in [2.75, 3.05) is 13.1 Å². The lowest BCUT2D eigenvalue weighted by atomic mass is 9.91. The van der Waals surface area contributed by atoms with Gasteiger partial charge in [-0.25, -0.2) is 4.98 Å². The van der Waals surface area contributed by atoms with Crippen molar-refractivity contribution >= 4 is 5.91 Å². The maximum atomic E-state index is 12.4. The highest BCUT2D eigenvalue weighted by Gasteiger charge is 2.26. The fourth-order valence-electron chi connectivity index (χ4n) is 3.09. The molecule has 1 aromatic heterocycles. The van der Waals surface area contributed by atoms with Gasteiger partial charge in [0.25, 0.3) is 5.56 Å². The minimum Gasteiger partial charge on any atom is -0.342 e. The second-order valence-corrected chi connectivity index (χ2v) is 6.14. The number of likely N-dealkylation sites (tertiary alicyclic amines) is 1. The van der Waals surface area contributed by atoms with E-state index in [-0.39, 0.29) is 17.9 Å². The number of hydrogen-bond donors (Lipinski definition) is 1. The van der Waals surface area contributed by atoms with Gasteiger partial charge in [0.1, 0.15) is 5.82 Å². The molecule has 5 heteroatoms. The number of aromatic amines is 1. The monoisotopic (exact) mass is 277 g/mol. The Morgan fingerprint density at radius 1 is 1.30 bits per heavy atom. The fourth-order valence-corrected chi connectivity index (χ4v) is 3.09. The van der Waals surface area contributed by atoms with Gasteiger partial charge in [-0.1, -0.05) is 13.8 Å². The van der Waals surface area contributed by atoms with Gasteiger partial charge < -0.3 is 9.88 Å². The number of nitrogens with zero attached hydrogens (tertiary/aromatic N) is 2. The summed E-state index contributed by atoms with van der Waals surface area (Å²) in [7, 11) is 0. The zero-order chi connectivity index (χ0) is 14.9. The number of carbonyl (C=O) groups is 1. The van der Waals surface area contributed by atoms with E-state index >= 15 is 0 Å². The molecule has 1 aliphatic heterocycles. The van der Waals surface area contributed by atoms with E-state index in [1.165, 1.54) is 0 Å². The normalized spacial score (nSPS) is 22.9. The van der Waals surface area contributed by atoms with Gasteiger partial charge >= 0.3 is 0 Å². The number of amides is 1. The Morgan fingerprint density at radius 3 is 2.45 bits per heavy atom. The van der Waals surface area contributed by atoms with Crippen LogP contribution < -0.4 is 5.56 Å². The number of aromatic nitrogens is 2. The van der Waals surface area contributed by atoms with Crippen molar-refractivity contribution in [3.8, 4) is 0 Å². The number of carbonyl (C=O) groups excluding carboxylic acids is 1. The molecule has 2 rings (SSSR count). The Bertz CT molecular complexity index is 555. The predicted molar refractivity (Wildman–Crippen MR) is 77.6 cm³/mol. The number of H-pyrrole nitrogens is 1. The molecule has 0 bridgehead atoms. The highest BCUT2D eigenvalue weighted by molar-refractivity contribution is 5.79. The van der Waals surface area contributed by atoms with Crippen LogP contribution in [0.2, 0.25) is 0 Å². The van der Waals surface area contributed by atoms with Crippen LogP contribution in [0, 0.1) is 25.7 Å². The largest absolute Gasteiger partial charge is 0.342 e. The maximum absolute atomic E-state index is 12.4. The summed E-state index contributed by atoms with van der Waals surface area (Å²) in [6.07, 6.45) is 1.31. The Morgan fingerprint density at radius 2 is 1.90 bits per heavy atom. The molecular weight excluding hydrogens is 254 g/mol. The number of aryl methyl sites for hydroxylation is 2. The SMILES string of the molecule is Cc1nc(C)c(CC(=O)N2C[C@@H](C)C[C@H](C)C2)c(=O)[nH]1. The van der Waals surface area contributed by atoms with Crippen LogP contribution >= 0.6 is 0 Å². The zero-order valence-electron chi connectivity index (χ0n) is 12.7. The molecule has 1 aromatic rings. The van der Waals surface area contributed by atoms with Crippen molar-refractivity contribution in [1.29, 1.82) is 0 Å². The number of hydrogen-bond acceptors (Lipinski definition) is 3. The molecule has 0 saturated carbocycles. The molecule has 0 unspecified atom stereocenters. The van der Waals surface area contributed by atoms with Gasteiger partial charge in [-0.3, -0.25) is 9.59 Å². The molecule has 20 heavy (non-hydrogen) atoms. The van der Waals surface area contributed by atoms with E-state index in [1.54, 1.807) is 13.8 Å². The Kier molecular flexibility index (Phi) is 4.26. The van der Waals surface area contributed by atoms with Gasteiger partial charge in [0, 0.05) is 24.3 Å². The van der Waals surface area contributed by atoms with Crippen LogP contribution in [-0.2, 0) is 11.2 Å². The van der Waals surface area contributed by atoms with Gasteiger partial charge in [0.15, 0.2) is 0 Å². The van der Waals surface area contributed by atoms with Crippen molar-refractivity contribution in [2.24, 2.45) is 11.8 Å². The van der Waals surface area contributed by atoms with Crippen LogP contribution in [0.3, 0.4) is 0 Å². The third-order valence-corrected chi connectivity index (χ3v) is 3.89. The van der Waals surface area contributed by atoms with Crippen LogP contribution in [0.1, 0.15) is 37.4 Å². The first-order valence-corrected chi connectivity index (χ1v) is 7.21. The average Bonchev–Trinajstić information content (AvgIpc) is 2.32. The molecular formula is C15H23N3O2. The van der Waals surface area contributed by atoms with Crippen molar-refractivity contribution in [2.45, 2.75) is 40.5 Å². The van der Waals surface area contributed by atoms with E-state index in [4.69, 9.17) is 0 Å². The van der Waals surface area contributed by atoms with Crippen LogP contribution in [-0.4, -0.2) is 33.9 Å². The summed E-state index contributed by atoms with van der Waals surface area (Å²) in [4.78, 5) is 33.1. The van der Waals surface area contributed by atoms with Crippen molar-refractivity contribution < 1.29 is 4.79 Å². The van der Waals surface area contributed by atoms with Gasteiger partial charge in [-0.05, 0) is 32.1 Å². The number of nitrogens with one attached hydrogen (secondary N) is 1. The van der Waals surface area contributed by atoms with Gasteiger partial charge in [-0.2, -0.15) is 0 Å². The summed E-state index contributed by atoms with van der Waals surface area (Å²) in [5.74, 6) is 1.67. The van der Waals surface area contributed by atoms with Gasteiger partial charge in [0.05, 0.1) is 6.42 Å². The molecule has 1 amide bonds. The minimum atomic E-state index is -0.193. The summed E-state index contributed by atoms with van der Waals surface area (Å²) in [6.45, 7) is 9.45. The first-order chi connectivity index (χ1) is 9.36. The van der Waals surface area contributed by atoms with Crippen molar-refractivity contribution in [1.82, 2.24) is 14.9 Å². The molecule has 0 radical (unpaired) electrons. The topological polar surface area (TPSA) is 66.1 Å². The minimum absolute atomic E-state index is 0.0302. The third-order valence-electron chi connectivity index (χ3n) is 3.89. The average molecular weight is 277 g/mol. The van der Waals surface area contributed by atoms with E-state index in [0.717, 1.165) is 19.5 Å². The summed E-state index contributed by atoms with van der Waals surface area (Å²) in [5, 5.41) is 0. The zero-order valence-corrected chi connectivity index (χ0v) is 12.7. The lowest BCUT2D eigenvalue weighted by Crippen LogP contribution is -2.43. The highest BCUT2D eigenvalue weighted by atomic mass is 16.2. The van der Waals surface area contributed by atoms with Crippen LogP contribution in [0.25, 0.3) is 0 Å². The number of piperidine rings is 1. The Labute approximate surface area is 119 Å². The molecule has 110 valence electrons. The lowest BCUT2D eigenvalue weighted by molar-refractivity contribution is -0.133. The van der Waals surface area contributed by atoms with Gasteiger partial charge in [0.2, 0.25) is 5.91 Å². The van der Waals surface area contributed by atoms with E-state index in [9.17, 15) is 9.59 Å². The fraction of sp³-hybridized carbons (Fsp3) is 0.667. The molecule has 1 saturated heterocycles. The molecule has 0 aliphatic carbocycles. The molecule has 5 nitrogen and oxygen atoms in total. The molecule has 0 aromatic carbocycles. The van der Waals surface area contributed by atoms with Crippen LogP contribution in [0.4, 0.5) is 0 Å². The van der Waals surface area contributed by atoms with E-state index in [1.807, 2.05) is 4.90 Å². The van der Waals surface area contributed by atoms with E-state index in [0.29, 0.717) is 28.9 Å². The summed E-state index contributed by atoms with van der Waals surface area (Å²) >= 11 is 0. The Hall–Kier alpha value is -1.65. The quantitative estimate of drug-likeness (QED) is 0.889. The highest BCUT2D eigenvalue weighted by Crippen LogP contribution is 2.21. The summed E-state index contributed by atoms with van der Waals surface area (Å²) in [5.41, 5.74) is 0.950. The molecule has 1 fully saturated rings. The number of rotatable bonds is 2. The second-order valence-electron chi connectivity index (χ2n) is 6.14. The standard InChI is InChI=1S/C15H23N3O2/c1-9-5-10(2)8-18(7-9)14(19)6-13-11(3)16-12(4)17-15(13)20/h9-10H,5-8H2,1-4H3,(H,16,17,20)/t9-,10-/m0/s1. The van der Waals surface area contributed by atoms with E-state index in [2.05, 4.69) is 23.8 Å². The van der Waals surface area contributed by atoms with E-state index < -0.39 is 0 Å². The molecule has 2 heterocycles. The molecule has 2 atom stereocenters. The predicted octanol–water partition coefficient (Wildman–Crippen LogP) is 1.43. The smallest absolute Gasteiger partial charge is 0.254 e.